The molecule has 1 rings (SSSR count). The Labute approximate surface area is 96.6 Å². The highest BCUT2D eigenvalue weighted by Crippen LogP contribution is 2.26. The molecule has 0 saturated carbocycles. The van der Waals surface area contributed by atoms with Gasteiger partial charge in [-0.25, -0.2) is 0 Å². The quantitative estimate of drug-likeness (QED) is 0.693. The second-order valence-corrected chi connectivity index (χ2v) is 3.33. The molecular formula is C13H18O3. The van der Waals surface area contributed by atoms with Crippen LogP contribution in [-0.2, 0) is 11.2 Å². The molecule has 0 radical (unpaired) electrons. The monoisotopic (exact) mass is 222 g/mol. The highest BCUT2D eigenvalue weighted by Gasteiger charge is 2.06. The molecule has 3 nitrogen and oxygen atoms in total. The van der Waals surface area contributed by atoms with Crippen LogP contribution in [0.5, 0.6) is 11.5 Å². The molecule has 1 aromatic rings. The Bertz CT molecular complexity index is 358. The Morgan fingerprint density at radius 3 is 2.56 bits per heavy atom. The van der Waals surface area contributed by atoms with Gasteiger partial charge in [-0.3, -0.25) is 0 Å². The zero-order valence-electron chi connectivity index (χ0n) is 10.1. The fourth-order valence-electron chi connectivity index (χ4n) is 1.47. The van der Waals surface area contributed by atoms with E-state index in [0.29, 0.717) is 13.0 Å². The van der Waals surface area contributed by atoms with E-state index in [1.54, 1.807) is 14.2 Å². The van der Waals surface area contributed by atoms with E-state index in [4.69, 9.17) is 14.2 Å². The second kappa shape index (κ2) is 6.05. The van der Waals surface area contributed by atoms with E-state index in [0.717, 1.165) is 22.8 Å². The van der Waals surface area contributed by atoms with Gasteiger partial charge in [0, 0.05) is 18.1 Å². The molecule has 0 saturated heterocycles. The highest BCUT2D eigenvalue weighted by molar-refractivity contribution is 5.42. The standard InChI is InChI=1S/C13H18O3/c1-5-16-10(2)8-11-6-7-12(14-3)9-13(11)15-4/h6-7,9H,2,5,8H2,1,3-4H3. The zero-order chi connectivity index (χ0) is 12.0. The number of benzene rings is 1. The third kappa shape index (κ3) is 3.19. The molecule has 0 bridgehead atoms. The normalized spacial score (nSPS) is 9.69. The Hall–Kier alpha value is -1.64. The van der Waals surface area contributed by atoms with E-state index in [-0.39, 0.29) is 0 Å². The summed E-state index contributed by atoms with van der Waals surface area (Å²) in [5.41, 5.74) is 1.04. The van der Waals surface area contributed by atoms with Crippen LogP contribution in [-0.4, -0.2) is 20.8 Å². The van der Waals surface area contributed by atoms with Gasteiger partial charge in [0.05, 0.1) is 26.6 Å². The van der Waals surface area contributed by atoms with Crippen molar-refractivity contribution in [1.82, 2.24) is 0 Å². The van der Waals surface area contributed by atoms with Crippen molar-refractivity contribution in [2.75, 3.05) is 20.8 Å². The first-order valence-corrected chi connectivity index (χ1v) is 5.22. The molecule has 0 spiro atoms. The van der Waals surface area contributed by atoms with Crippen LogP contribution in [0.15, 0.2) is 30.5 Å². The molecule has 3 heteroatoms. The zero-order valence-corrected chi connectivity index (χ0v) is 10.1. The average Bonchev–Trinajstić information content (AvgIpc) is 2.30. The minimum absolute atomic E-state index is 0.636. The molecule has 16 heavy (non-hydrogen) atoms. The Kier molecular flexibility index (Phi) is 4.70. The number of methoxy groups -OCH3 is 2. The van der Waals surface area contributed by atoms with E-state index in [1.807, 2.05) is 25.1 Å². The van der Waals surface area contributed by atoms with Gasteiger partial charge in [0.15, 0.2) is 0 Å². The van der Waals surface area contributed by atoms with Crippen molar-refractivity contribution in [1.29, 1.82) is 0 Å². The van der Waals surface area contributed by atoms with Crippen molar-refractivity contribution in [3.63, 3.8) is 0 Å². The number of ether oxygens (including phenoxy) is 3. The van der Waals surface area contributed by atoms with Gasteiger partial charge in [0.1, 0.15) is 11.5 Å². The highest BCUT2D eigenvalue weighted by atomic mass is 16.5. The number of allylic oxidation sites excluding steroid dienone is 1. The maximum absolute atomic E-state index is 5.32. The predicted octanol–water partition coefficient (Wildman–Crippen LogP) is 2.80. The molecule has 0 atom stereocenters. The molecule has 1 aromatic carbocycles. The van der Waals surface area contributed by atoms with Gasteiger partial charge >= 0.3 is 0 Å². The van der Waals surface area contributed by atoms with E-state index in [1.165, 1.54) is 0 Å². The van der Waals surface area contributed by atoms with Gasteiger partial charge in [-0.2, -0.15) is 0 Å². The minimum Gasteiger partial charge on any atom is -0.498 e. The lowest BCUT2D eigenvalue weighted by atomic mass is 10.1. The molecule has 0 unspecified atom stereocenters. The molecule has 0 N–H and O–H groups in total. The first-order chi connectivity index (χ1) is 7.71. The maximum Gasteiger partial charge on any atom is 0.126 e. The SMILES string of the molecule is C=C(Cc1ccc(OC)cc1OC)OCC. The van der Waals surface area contributed by atoms with Crippen molar-refractivity contribution >= 4 is 0 Å². The molecule has 0 aliphatic rings. The predicted molar refractivity (Wildman–Crippen MR) is 64.0 cm³/mol. The number of rotatable bonds is 6. The Balaban J connectivity index is 2.83. The summed E-state index contributed by atoms with van der Waals surface area (Å²) in [4.78, 5) is 0. The fraction of sp³-hybridized carbons (Fsp3) is 0.385. The summed E-state index contributed by atoms with van der Waals surface area (Å²) < 4.78 is 15.7. The minimum atomic E-state index is 0.636. The first-order valence-electron chi connectivity index (χ1n) is 5.22. The third-order valence-corrected chi connectivity index (χ3v) is 2.23. The lowest BCUT2D eigenvalue weighted by Crippen LogP contribution is -1.98. The van der Waals surface area contributed by atoms with E-state index in [9.17, 15) is 0 Å². The smallest absolute Gasteiger partial charge is 0.126 e. The van der Waals surface area contributed by atoms with E-state index >= 15 is 0 Å². The van der Waals surface area contributed by atoms with Crippen LogP contribution in [0.3, 0.4) is 0 Å². The second-order valence-electron chi connectivity index (χ2n) is 3.33. The number of hydrogen-bond acceptors (Lipinski definition) is 3. The Morgan fingerprint density at radius 2 is 2.00 bits per heavy atom. The van der Waals surface area contributed by atoms with Gasteiger partial charge in [-0.15, -0.1) is 0 Å². The van der Waals surface area contributed by atoms with Crippen LogP contribution in [0.2, 0.25) is 0 Å². The maximum atomic E-state index is 5.32. The summed E-state index contributed by atoms with van der Waals surface area (Å²) in [7, 11) is 3.27. The lowest BCUT2D eigenvalue weighted by Gasteiger charge is -2.12. The molecule has 0 heterocycles. The molecule has 0 aliphatic carbocycles. The third-order valence-electron chi connectivity index (χ3n) is 2.23. The summed E-state index contributed by atoms with van der Waals surface area (Å²) in [5, 5.41) is 0. The molecule has 0 aliphatic heterocycles. The van der Waals surface area contributed by atoms with Crippen molar-refractivity contribution in [3.8, 4) is 11.5 Å². The van der Waals surface area contributed by atoms with E-state index < -0.39 is 0 Å². The van der Waals surface area contributed by atoms with Crippen molar-refractivity contribution < 1.29 is 14.2 Å². The van der Waals surface area contributed by atoms with Gasteiger partial charge in [0.2, 0.25) is 0 Å². The largest absolute Gasteiger partial charge is 0.498 e. The van der Waals surface area contributed by atoms with Crippen LogP contribution >= 0.6 is 0 Å². The fourth-order valence-corrected chi connectivity index (χ4v) is 1.47. The summed E-state index contributed by atoms with van der Waals surface area (Å²) >= 11 is 0. The van der Waals surface area contributed by atoms with Gasteiger partial charge in [-0.05, 0) is 13.0 Å². The van der Waals surface area contributed by atoms with Gasteiger partial charge in [0.25, 0.3) is 0 Å². The summed E-state index contributed by atoms with van der Waals surface area (Å²) in [5.74, 6) is 2.31. The van der Waals surface area contributed by atoms with Gasteiger partial charge in [-0.1, -0.05) is 12.6 Å². The summed E-state index contributed by atoms with van der Waals surface area (Å²) in [6.07, 6.45) is 0.654. The van der Waals surface area contributed by atoms with Crippen molar-refractivity contribution in [3.05, 3.63) is 36.1 Å². The lowest BCUT2D eigenvalue weighted by molar-refractivity contribution is 0.224. The van der Waals surface area contributed by atoms with Crippen LogP contribution < -0.4 is 9.47 Å². The van der Waals surface area contributed by atoms with Crippen LogP contribution in [0.4, 0.5) is 0 Å². The molecule has 0 fully saturated rings. The average molecular weight is 222 g/mol. The van der Waals surface area contributed by atoms with E-state index in [2.05, 4.69) is 6.58 Å². The molecule has 0 aromatic heterocycles. The number of hydrogen-bond donors (Lipinski definition) is 0. The topological polar surface area (TPSA) is 27.7 Å². The van der Waals surface area contributed by atoms with Crippen molar-refractivity contribution in [2.45, 2.75) is 13.3 Å². The van der Waals surface area contributed by atoms with Crippen LogP contribution in [0, 0.1) is 0 Å². The molecule has 88 valence electrons. The van der Waals surface area contributed by atoms with Crippen LogP contribution in [0.25, 0.3) is 0 Å². The van der Waals surface area contributed by atoms with Crippen LogP contribution in [0.1, 0.15) is 12.5 Å². The Morgan fingerprint density at radius 1 is 1.25 bits per heavy atom. The summed E-state index contributed by atoms with van der Waals surface area (Å²) in [6.45, 7) is 6.43. The molecular weight excluding hydrogens is 204 g/mol. The first kappa shape index (κ1) is 12.4. The summed E-state index contributed by atoms with van der Waals surface area (Å²) in [6, 6.07) is 5.72. The molecule has 0 amide bonds. The van der Waals surface area contributed by atoms with Crippen molar-refractivity contribution in [2.24, 2.45) is 0 Å². The van der Waals surface area contributed by atoms with Gasteiger partial charge < -0.3 is 14.2 Å².